The molecule has 22 heavy (non-hydrogen) atoms. The van der Waals surface area contributed by atoms with E-state index in [-0.39, 0.29) is 10.5 Å². The first-order chi connectivity index (χ1) is 10.5. The molecule has 0 spiro atoms. The van der Waals surface area contributed by atoms with Gasteiger partial charge in [0.1, 0.15) is 6.07 Å². The van der Waals surface area contributed by atoms with Crippen molar-refractivity contribution in [2.75, 3.05) is 6.61 Å². The highest BCUT2D eigenvalue weighted by Gasteiger charge is 2.23. The van der Waals surface area contributed by atoms with Crippen molar-refractivity contribution >= 4 is 21.6 Å². The summed E-state index contributed by atoms with van der Waals surface area (Å²) in [5.41, 5.74) is 0.618. The van der Waals surface area contributed by atoms with Crippen LogP contribution in [0.25, 0.3) is 0 Å². The molecule has 0 radical (unpaired) electrons. The molecule has 0 saturated heterocycles. The van der Waals surface area contributed by atoms with E-state index in [1.807, 2.05) is 6.07 Å². The predicted molar refractivity (Wildman–Crippen MR) is 82.8 cm³/mol. The maximum absolute atomic E-state index is 12.4. The number of nitriles is 1. The first kappa shape index (κ1) is 16.5. The van der Waals surface area contributed by atoms with Crippen LogP contribution in [0.5, 0.6) is 0 Å². The Hall–Kier alpha value is -1.91. The lowest BCUT2D eigenvalue weighted by Crippen LogP contribution is -2.31. The van der Waals surface area contributed by atoms with Crippen molar-refractivity contribution in [2.24, 2.45) is 0 Å². The number of hydrogen-bond acceptors (Lipinski definition) is 4. The van der Waals surface area contributed by atoms with Crippen LogP contribution >= 0.6 is 11.6 Å². The Kier molecular flexibility index (Phi) is 5.16. The van der Waals surface area contributed by atoms with Crippen LogP contribution in [0.3, 0.4) is 0 Å². The summed E-state index contributed by atoms with van der Waals surface area (Å²) in [5, 5.41) is 19.0. The van der Waals surface area contributed by atoms with Gasteiger partial charge in [0, 0.05) is 5.02 Å². The highest BCUT2D eigenvalue weighted by molar-refractivity contribution is 7.89. The zero-order chi connectivity index (χ0) is 16.2. The third kappa shape index (κ3) is 3.64. The van der Waals surface area contributed by atoms with E-state index >= 15 is 0 Å². The Morgan fingerprint density at radius 2 is 1.82 bits per heavy atom. The Morgan fingerprint density at radius 3 is 2.41 bits per heavy atom. The predicted octanol–water partition coefficient (Wildman–Crippen LogP) is 2.22. The number of aliphatic hydroxyl groups excluding tert-OH is 1. The molecule has 2 N–H and O–H groups in total. The summed E-state index contributed by atoms with van der Waals surface area (Å²) in [7, 11) is -3.94. The van der Waals surface area contributed by atoms with Gasteiger partial charge in [-0.2, -0.15) is 5.26 Å². The number of halogens is 1. The Balaban J connectivity index is 2.34. The summed E-state index contributed by atoms with van der Waals surface area (Å²) in [5.74, 6) is 0. The van der Waals surface area contributed by atoms with Gasteiger partial charge < -0.3 is 5.11 Å². The third-order valence-electron chi connectivity index (χ3n) is 3.05. The molecular formula is C15H13ClN2O3S. The molecule has 0 bridgehead atoms. The molecule has 1 atom stereocenters. The van der Waals surface area contributed by atoms with E-state index in [9.17, 15) is 13.5 Å². The average Bonchev–Trinajstić information content (AvgIpc) is 2.53. The minimum atomic E-state index is -3.94. The van der Waals surface area contributed by atoms with Gasteiger partial charge in [-0.3, -0.25) is 0 Å². The van der Waals surface area contributed by atoms with Crippen molar-refractivity contribution in [1.82, 2.24) is 4.72 Å². The van der Waals surface area contributed by atoms with Crippen molar-refractivity contribution in [2.45, 2.75) is 10.9 Å². The van der Waals surface area contributed by atoms with E-state index in [0.29, 0.717) is 10.6 Å². The highest BCUT2D eigenvalue weighted by Crippen LogP contribution is 2.20. The van der Waals surface area contributed by atoms with E-state index < -0.39 is 22.7 Å². The monoisotopic (exact) mass is 336 g/mol. The summed E-state index contributed by atoms with van der Waals surface area (Å²) in [6, 6.07) is 13.4. The standard InChI is InChI=1S/C15H13ClN2O3S/c16-13-7-5-11(6-8-13)14(10-19)18-22(20,21)15-4-2-1-3-12(15)9-17/h1-8,14,18-19H,10H2. The van der Waals surface area contributed by atoms with E-state index in [4.69, 9.17) is 16.9 Å². The van der Waals surface area contributed by atoms with Crippen molar-refractivity contribution in [3.8, 4) is 6.07 Å². The number of aliphatic hydroxyl groups is 1. The van der Waals surface area contributed by atoms with Crippen LogP contribution in [0, 0.1) is 11.3 Å². The second-order valence-corrected chi connectivity index (χ2v) is 6.63. The zero-order valence-electron chi connectivity index (χ0n) is 11.4. The van der Waals surface area contributed by atoms with Crippen LogP contribution in [-0.2, 0) is 10.0 Å². The van der Waals surface area contributed by atoms with Crippen molar-refractivity contribution in [3.63, 3.8) is 0 Å². The normalized spacial score (nSPS) is 12.6. The van der Waals surface area contributed by atoms with Gasteiger partial charge in [0.15, 0.2) is 0 Å². The van der Waals surface area contributed by atoms with E-state index in [0.717, 1.165) is 0 Å². The molecule has 0 aliphatic rings. The van der Waals surface area contributed by atoms with Gasteiger partial charge in [0.2, 0.25) is 10.0 Å². The van der Waals surface area contributed by atoms with Crippen LogP contribution in [0.4, 0.5) is 0 Å². The van der Waals surface area contributed by atoms with Crippen molar-refractivity contribution < 1.29 is 13.5 Å². The van der Waals surface area contributed by atoms with Gasteiger partial charge in [0.05, 0.1) is 23.1 Å². The Labute approximate surface area is 133 Å². The molecule has 0 saturated carbocycles. The number of rotatable bonds is 5. The lowest BCUT2D eigenvalue weighted by atomic mass is 10.1. The molecule has 0 heterocycles. The number of nitrogens with zero attached hydrogens (tertiary/aromatic N) is 1. The van der Waals surface area contributed by atoms with Crippen molar-refractivity contribution in [1.29, 1.82) is 5.26 Å². The number of hydrogen-bond donors (Lipinski definition) is 2. The molecule has 5 nitrogen and oxygen atoms in total. The van der Waals surface area contributed by atoms with Gasteiger partial charge in [-0.05, 0) is 29.8 Å². The molecule has 0 aliphatic heterocycles. The van der Waals surface area contributed by atoms with Crippen LogP contribution in [0.15, 0.2) is 53.4 Å². The fourth-order valence-electron chi connectivity index (χ4n) is 1.95. The van der Waals surface area contributed by atoms with Gasteiger partial charge in [-0.1, -0.05) is 35.9 Å². The summed E-state index contributed by atoms with van der Waals surface area (Å²) in [4.78, 5) is -0.120. The quantitative estimate of drug-likeness (QED) is 0.876. The lowest BCUT2D eigenvalue weighted by Gasteiger charge is -2.17. The molecule has 2 aromatic carbocycles. The topological polar surface area (TPSA) is 90.2 Å². The minimum Gasteiger partial charge on any atom is -0.394 e. The number of nitrogens with one attached hydrogen (secondary N) is 1. The van der Waals surface area contributed by atoms with Gasteiger partial charge in [-0.25, -0.2) is 13.1 Å². The highest BCUT2D eigenvalue weighted by atomic mass is 35.5. The van der Waals surface area contributed by atoms with Crippen LogP contribution < -0.4 is 4.72 Å². The second kappa shape index (κ2) is 6.90. The largest absolute Gasteiger partial charge is 0.394 e. The molecule has 0 fully saturated rings. The smallest absolute Gasteiger partial charge is 0.242 e. The maximum atomic E-state index is 12.4. The molecule has 1 unspecified atom stereocenters. The van der Waals surface area contributed by atoms with E-state index in [1.54, 1.807) is 30.3 Å². The van der Waals surface area contributed by atoms with Gasteiger partial charge in [0.25, 0.3) is 0 Å². The first-order valence-corrected chi connectivity index (χ1v) is 8.22. The van der Waals surface area contributed by atoms with E-state index in [2.05, 4.69) is 4.72 Å². The summed E-state index contributed by atoms with van der Waals surface area (Å²) >= 11 is 5.79. The summed E-state index contributed by atoms with van der Waals surface area (Å²) < 4.78 is 27.2. The maximum Gasteiger partial charge on any atom is 0.242 e. The van der Waals surface area contributed by atoms with Crippen LogP contribution in [0.1, 0.15) is 17.2 Å². The summed E-state index contributed by atoms with van der Waals surface area (Å²) in [6.07, 6.45) is 0. The SMILES string of the molecule is N#Cc1ccccc1S(=O)(=O)NC(CO)c1ccc(Cl)cc1. The van der Waals surface area contributed by atoms with Gasteiger partial charge >= 0.3 is 0 Å². The Bertz CT molecular complexity index is 798. The first-order valence-electron chi connectivity index (χ1n) is 6.35. The lowest BCUT2D eigenvalue weighted by molar-refractivity contribution is 0.259. The molecule has 2 rings (SSSR count). The molecular weight excluding hydrogens is 324 g/mol. The molecule has 0 amide bonds. The molecule has 114 valence electrons. The Morgan fingerprint density at radius 1 is 1.18 bits per heavy atom. The zero-order valence-corrected chi connectivity index (χ0v) is 13.0. The fraction of sp³-hybridized carbons (Fsp3) is 0.133. The molecule has 0 aliphatic carbocycles. The average molecular weight is 337 g/mol. The summed E-state index contributed by atoms with van der Waals surface area (Å²) in [6.45, 7) is -0.421. The number of sulfonamides is 1. The fourth-order valence-corrected chi connectivity index (χ4v) is 3.45. The number of benzene rings is 2. The minimum absolute atomic E-state index is 0.0443. The molecule has 0 aromatic heterocycles. The molecule has 2 aromatic rings. The van der Waals surface area contributed by atoms with E-state index in [1.165, 1.54) is 18.2 Å². The van der Waals surface area contributed by atoms with Crippen molar-refractivity contribution in [3.05, 3.63) is 64.7 Å². The van der Waals surface area contributed by atoms with Crippen LogP contribution in [0.2, 0.25) is 5.02 Å². The second-order valence-electron chi connectivity index (χ2n) is 4.52. The van der Waals surface area contributed by atoms with Crippen LogP contribution in [-0.4, -0.2) is 20.1 Å². The molecule has 7 heteroatoms. The third-order valence-corrected chi connectivity index (χ3v) is 4.83. The van der Waals surface area contributed by atoms with Gasteiger partial charge in [-0.15, -0.1) is 0 Å².